The maximum atomic E-state index is 10.5. The molecule has 1 aromatic carbocycles. The predicted octanol–water partition coefficient (Wildman–Crippen LogP) is 5.42. The van der Waals surface area contributed by atoms with Gasteiger partial charge in [0.15, 0.2) is 6.29 Å². The Balaban J connectivity index is 2.29. The smallest absolute Gasteiger partial charge is 0.160 e. The molecule has 0 bridgehead atoms. The van der Waals surface area contributed by atoms with E-state index in [9.17, 15) is 4.79 Å². The highest BCUT2D eigenvalue weighted by Crippen LogP contribution is 2.37. The van der Waals surface area contributed by atoms with Crippen molar-refractivity contribution in [3.63, 3.8) is 0 Å². The summed E-state index contributed by atoms with van der Waals surface area (Å²) in [5, 5.41) is 2.69. The Labute approximate surface area is 120 Å². The molecule has 6 heteroatoms. The summed E-state index contributed by atoms with van der Waals surface area (Å²) in [6.45, 7) is 0. The zero-order chi connectivity index (χ0) is 12.4. The number of carbonyl (C=O) groups excluding carboxylic acids is 1. The summed E-state index contributed by atoms with van der Waals surface area (Å²) in [7, 11) is 0. The summed E-state index contributed by atoms with van der Waals surface area (Å²) >= 11 is 16.5. The number of thiophene rings is 1. The van der Waals surface area contributed by atoms with Crippen LogP contribution in [0.3, 0.4) is 0 Å². The minimum absolute atomic E-state index is 0.445. The van der Waals surface area contributed by atoms with Crippen LogP contribution in [0, 0.1) is 0 Å². The van der Waals surface area contributed by atoms with Crippen molar-refractivity contribution in [3.05, 3.63) is 43.0 Å². The minimum atomic E-state index is 0.445. The molecule has 17 heavy (non-hydrogen) atoms. The Hall–Kier alpha value is -0.550. The molecular formula is C11H5BrCl2O2S. The Morgan fingerprint density at radius 3 is 2.65 bits per heavy atom. The molecule has 0 spiro atoms. The standard InChI is InChI=1S/C11H5BrCl2O2S/c12-8-2-10(14)11(3-9(8)13)16-6-1-7(4-15)17-5-6/h1-5H. The highest BCUT2D eigenvalue weighted by molar-refractivity contribution is 9.10. The zero-order valence-electron chi connectivity index (χ0n) is 8.25. The molecule has 1 heterocycles. The summed E-state index contributed by atoms with van der Waals surface area (Å²) in [5.41, 5.74) is 0. The number of rotatable bonds is 3. The lowest BCUT2D eigenvalue weighted by molar-refractivity contribution is 0.112. The molecule has 0 radical (unpaired) electrons. The summed E-state index contributed by atoms with van der Waals surface area (Å²) in [5.74, 6) is 1.02. The van der Waals surface area contributed by atoms with E-state index in [2.05, 4.69) is 15.9 Å². The third kappa shape index (κ3) is 3.01. The van der Waals surface area contributed by atoms with E-state index in [1.807, 2.05) is 0 Å². The van der Waals surface area contributed by atoms with Gasteiger partial charge < -0.3 is 4.74 Å². The zero-order valence-corrected chi connectivity index (χ0v) is 12.2. The number of ether oxygens (including phenoxy) is 1. The van der Waals surface area contributed by atoms with E-state index in [0.717, 1.165) is 6.29 Å². The number of hydrogen-bond acceptors (Lipinski definition) is 3. The van der Waals surface area contributed by atoms with E-state index < -0.39 is 0 Å². The first kappa shape index (κ1) is 12.9. The average Bonchev–Trinajstić information content (AvgIpc) is 2.73. The fraction of sp³-hybridized carbons (Fsp3) is 0. The molecule has 0 atom stereocenters. The Bertz CT molecular complexity index is 569. The van der Waals surface area contributed by atoms with Gasteiger partial charge in [-0.05, 0) is 22.0 Å². The van der Waals surface area contributed by atoms with Gasteiger partial charge in [-0.1, -0.05) is 23.2 Å². The number of hydrogen-bond donors (Lipinski definition) is 0. The molecule has 0 unspecified atom stereocenters. The van der Waals surface area contributed by atoms with Gasteiger partial charge in [-0.25, -0.2) is 0 Å². The van der Waals surface area contributed by atoms with Crippen LogP contribution in [0.25, 0.3) is 0 Å². The van der Waals surface area contributed by atoms with Crippen LogP contribution in [0.2, 0.25) is 10.0 Å². The number of carbonyl (C=O) groups is 1. The van der Waals surface area contributed by atoms with Gasteiger partial charge in [-0.3, -0.25) is 4.79 Å². The van der Waals surface area contributed by atoms with Crippen molar-refractivity contribution in [1.29, 1.82) is 0 Å². The number of benzene rings is 1. The molecule has 2 rings (SSSR count). The second-order valence-corrected chi connectivity index (χ2v) is 5.71. The van der Waals surface area contributed by atoms with Crippen molar-refractivity contribution >= 4 is 56.8 Å². The van der Waals surface area contributed by atoms with Gasteiger partial charge in [0, 0.05) is 22.0 Å². The molecule has 1 aromatic heterocycles. The van der Waals surface area contributed by atoms with Crippen LogP contribution < -0.4 is 4.74 Å². The van der Waals surface area contributed by atoms with Crippen LogP contribution in [-0.2, 0) is 0 Å². The normalized spacial score (nSPS) is 10.3. The van der Waals surface area contributed by atoms with Crippen LogP contribution in [0.5, 0.6) is 11.5 Å². The molecule has 0 amide bonds. The summed E-state index contributed by atoms with van der Waals surface area (Å²) in [4.78, 5) is 11.1. The molecule has 0 N–H and O–H groups in total. The van der Waals surface area contributed by atoms with E-state index in [1.165, 1.54) is 11.3 Å². The maximum absolute atomic E-state index is 10.5. The molecule has 0 aliphatic rings. The topological polar surface area (TPSA) is 26.3 Å². The lowest BCUT2D eigenvalue weighted by atomic mass is 10.3. The van der Waals surface area contributed by atoms with Gasteiger partial charge in [-0.2, -0.15) is 0 Å². The second kappa shape index (κ2) is 5.40. The number of aldehydes is 1. The van der Waals surface area contributed by atoms with E-state index in [-0.39, 0.29) is 0 Å². The highest BCUT2D eigenvalue weighted by Gasteiger charge is 2.09. The SMILES string of the molecule is O=Cc1cc(Oc2cc(Cl)c(Br)cc2Cl)cs1. The summed E-state index contributed by atoms with van der Waals surface area (Å²) in [6, 6.07) is 4.92. The second-order valence-electron chi connectivity index (χ2n) is 3.10. The van der Waals surface area contributed by atoms with Crippen molar-refractivity contribution in [2.45, 2.75) is 0 Å². The van der Waals surface area contributed by atoms with Crippen LogP contribution >= 0.6 is 50.5 Å². The largest absolute Gasteiger partial charge is 0.455 e. The fourth-order valence-corrected chi connectivity index (χ4v) is 2.60. The van der Waals surface area contributed by atoms with Crippen LogP contribution in [0.15, 0.2) is 28.1 Å². The lowest BCUT2D eigenvalue weighted by Crippen LogP contribution is -1.84. The van der Waals surface area contributed by atoms with Gasteiger partial charge in [-0.15, -0.1) is 11.3 Å². The first-order valence-electron chi connectivity index (χ1n) is 4.46. The highest BCUT2D eigenvalue weighted by atomic mass is 79.9. The minimum Gasteiger partial charge on any atom is -0.455 e. The molecule has 0 aliphatic heterocycles. The molecule has 2 aromatic rings. The predicted molar refractivity (Wildman–Crippen MR) is 73.9 cm³/mol. The van der Waals surface area contributed by atoms with Crippen molar-refractivity contribution in [2.75, 3.05) is 0 Å². The van der Waals surface area contributed by atoms with Crippen molar-refractivity contribution in [3.8, 4) is 11.5 Å². The van der Waals surface area contributed by atoms with Gasteiger partial charge >= 0.3 is 0 Å². The van der Waals surface area contributed by atoms with Gasteiger partial charge in [0.2, 0.25) is 0 Å². The van der Waals surface area contributed by atoms with Gasteiger partial charge in [0.1, 0.15) is 11.5 Å². The Morgan fingerprint density at radius 1 is 1.24 bits per heavy atom. The van der Waals surface area contributed by atoms with Crippen LogP contribution in [-0.4, -0.2) is 6.29 Å². The van der Waals surface area contributed by atoms with Gasteiger partial charge in [0.25, 0.3) is 0 Å². The Morgan fingerprint density at radius 2 is 2.00 bits per heavy atom. The lowest BCUT2D eigenvalue weighted by Gasteiger charge is -2.07. The van der Waals surface area contributed by atoms with E-state index in [1.54, 1.807) is 23.6 Å². The first-order chi connectivity index (χ1) is 8.10. The quantitative estimate of drug-likeness (QED) is 0.545. The molecule has 0 saturated carbocycles. The first-order valence-corrected chi connectivity index (χ1v) is 6.89. The molecule has 0 saturated heterocycles. The summed E-state index contributed by atoms with van der Waals surface area (Å²) < 4.78 is 6.25. The van der Waals surface area contributed by atoms with Crippen molar-refractivity contribution in [2.24, 2.45) is 0 Å². The fourth-order valence-electron chi connectivity index (χ4n) is 1.16. The van der Waals surface area contributed by atoms with E-state index in [0.29, 0.717) is 30.9 Å². The van der Waals surface area contributed by atoms with Crippen LogP contribution in [0.1, 0.15) is 9.67 Å². The molecule has 2 nitrogen and oxygen atoms in total. The Kier molecular flexibility index (Phi) is 4.09. The number of halogens is 3. The van der Waals surface area contributed by atoms with Crippen molar-refractivity contribution < 1.29 is 9.53 Å². The molecule has 0 aliphatic carbocycles. The van der Waals surface area contributed by atoms with E-state index in [4.69, 9.17) is 27.9 Å². The summed E-state index contributed by atoms with van der Waals surface area (Å²) in [6.07, 6.45) is 0.772. The maximum Gasteiger partial charge on any atom is 0.160 e. The molecular weight excluding hydrogens is 347 g/mol. The third-order valence-corrected chi connectivity index (χ3v) is 4.24. The monoisotopic (exact) mass is 350 g/mol. The van der Waals surface area contributed by atoms with Gasteiger partial charge in [0.05, 0.1) is 14.9 Å². The van der Waals surface area contributed by atoms with Crippen LogP contribution in [0.4, 0.5) is 0 Å². The molecule has 88 valence electrons. The average molecular weight is 352 g/mol. The van der Waals surface area contributed by atoms with E-state index >= 15 is 0 Å². The third-order valence-electron chi connectivity index (χ3n) is 1.91. The van der Waals surface area contributed by atoms with Crippen molar-refractivity contribution in [1.82, 2.24) is 0 Å². The molecule has 0 fully saturated rings.